The number of fused-ring (bicyclic) bond motifs is 1. The van der Waals surface area contributed by atoms with E-state index in [1.165, 1.54) is 10.7 Å². The predicted octanol–water partition coefficient (Wildman–Crippen LogP) is 3.94. The van der Waals surface area contributed by atoms with Gasteiger partial charge in [-0.2, -0.15) is 8.91 Å². The highest BCUT2D eigenvalue weighted by atomic mass is 19.1. The summed E-state index contributed by atoms with van der Waals surface area (Å²) in [6.07, 6.45) is 5.50. The number of ether oxygens (including phenoxy) is 1. The van der Waals surface area contributed by atoms with Crippen molar-refractivity contribution in [2.24, 2.45) is 11.7 Å². The number of aromatic nitrogens is 3. The van der Waals surface area contributed by atoms with E-state index in [4.69, 9.17) is 10.5 Å². The summed E-state index contributed by atoms with van der Waals surface area (Å²) >= 11 is 0. The zero-order valence-corrected chi connectivity index (χ0v) is 16.6. The number of hydrogen-bond acceptors (Lipinski definition) is 6. The summed E-state index contributed by atoms with van der Waals surface area (Å²) in [7, 11) is 0. The van der Waals surface area contributed by atoms with Crippen LogP contribution >= 0.6 is 0 Å². The molecule has 1 fully saturated rings. The van der Waals surface area contributed by atoms with Crippen LogP contribution in [0.25, 0.3) is 5.65 Å². The highest BCUT2D eigenvalue weighted by molar-refractivity contribution is 5.76. The molecule has 0 saturated heterocycles. The molecule has 1 aliphatic carbocycles. The fourth-order valence-corrected chi connectivity index (χ4v) is 3.72. The first-order chi connectivity index (χ1) is 14.1. The second kappa shape index (κ2) is 8.65. The SMILES string of the molecule is CCOc1ccc(Nc2cc(NCC3CCC(N)CC3)nn3c(F)cnc23)cc1. The lowest BCUT2D eigenvalue weighted by Gasteiger charge is -2.26. The highest BCUT2D eigenvalue weighted by Gasteiger charge is 2.19. The highest BCUT2D eigenvalue weighted by Crippen LogP contribution is 2.27. The third-order valence-corrected chi connectivity index (χ3v) is 5.33. The van der Waals surface area contributed by atoms with Gasteiger partial charge in [0.2, 0.25) is 5.95 Å². The van der Waals surface area contributed by atoms with Crippen molar-refractivity contribution in [1.29, 1.82) is 0 Å². The van der Waals surface area contributed by atoms with Gasteiger partial charge in [0.25, 0.3) is 0 Å². The lowest BCUT2D eigenvalue weighted by molar-refractivity contribution is 0.338. The number of rotatable bonds is 7. The minimum absolute atomic E-state index is 0.325. The van der Waals surface area contributed by atoms with Gasteiger partial charge < -0.3 is 21.1 Å². The molecule has 0 aliphatic heterocycles. The molecule has 0 spiro atoms. The third-order valence-electron chi connectivity index (χ3n) is 5.33. The van der Waals surface area contributed by atoms with Crippen molar-refractivity contribution >= 4 is 22.8 Å². The smallest absolute Gasteiger partial charge is 0.234 e. The quantitative estimate of drug-likeness (QED) is 0.559. The number of halogens is 1. The molecule has 1 saturated carbocycles. The van der Waals surface area contributed by atoms with Crippen LogP contribution in [-0.2, 0) is 0 Å². The van der Waals surface area contributed by atoms with Crippen molar-refractivity contribution in [3.05, 3.63) is 42.5 Å². The van der Waals surface area contributed by atoms with Gasteiger partial charge in [-0.25, -0.2) is 4.98 Å². The fraction of sp³-hybridized carbons (Fsp3) is 0.429. The first-order valence-corrected chi connectivity index (χ1v) is 10.2. The number of nitrogens with zero attached hydrogens (tertiary/aromatic N) is 3. The van der Waals surface area contributed by atoms with E-state index in [0.717, 1.165) is 43.7 Å². The molecule has 0 radical (unpaired) electrons. The maximum atomic E-state index is 14.2. The molecule has 1 aromatic carbocycles. The Morgan fingerprint density at radius 2 is 1.97 bits per heavy atom. The average molecular weight is 398 g/mol. The molecular formula is C21H27FN6O. The lowest BCUT2D eigenvalue weighted by atomic mass is 9.86. The molecule has 4 rings (SSSR count). The van der Waals surface area contributed by atoms with Crippen LogP contribution in [0, 0.1) is 11.9 Å². The fourth-order valence-electron chi connectivity index (χ4n) is 3.72. The molecular weight excluding hydrogens is 371 g/mol. The van der Waals surface area contributed by atoms with Crippen LogP contribution in [0.1, 0.15) is 32.6 Å². The Bertz CT molecular complexity index is 950. The van der Waals surface area contributed by atoms with Gasteiger partial charge >= 0.3 is 0 Å². The van der Waals surface area contributed by atoms with Gasteiger partial charge in [-0.15, -0.1) is 5.10 Å². The summed E-state index contributed by atoms with van der Waals surface area (Å²) in [6.45, 7) is 3.36. The first-order valence-electron chi connectivity index (χ1n) is 10.2. The summed E-state index contributed by atoms with van der Waals surface area (Å²) in [5.74, 6) is 1.47. The molecule has 2 heterocycles. The first kappa shape index (κ1) is 19.4. The molecule has 154 valence electrons. The van der Waals surface area contributed by atoms with Crippen LogP contribution in [0.3, 0.4) is 0 Å². The number of benzene rings is 1. The second-order valence-corrected chi connectivity index (χ2v) is 7.50. The summed E-state index contributed by atoms with van der Waals surface area (Å²) in [5, 5.41) is 11.0. The van der Waals surface area contributed by atoms with Gasteiger partial charge in [0.05, 0.1) is 18.5 Å². The number of anilines is 3. The zero-order valence-electron chi connectivity index (χ0n) is 16.6. The number of hydrogen-bond donors (Lipinski definition) is 3. The van der Waals surface area contributed by atoms with Gasteiger partial charge in [-0.1, -0.05) is 0 Å². The third kappa shape index (κ3) is 4.59. The monoisotopic (exact) mass is 398 g/mol. The minimum atomic E-state index is -0.498. The maximum absolute atomic E-state index is 14.2. The molecule has 4 N–H and O–H groups in total. The summed E-state index contributed by atoms with van der Waals surface area (Å²) in [6, 6.07) is 9.81. The van der Waals surface area contributed by atoms with Gasteiger partial charge in [0.1, 0.15) is 11.6 Å². The zero-order chi connectivity index (χ0) is 20.2. The molecule has 7 nitrogen and oxygen atoms in total. The Balaban J connectivity index is 1.53. The Labute approximate surface area is 169 Å². The molecule has 3 aromatic rings. The molecule has 0 unspecified atom stereocenters. The summed E-state index contributed by atoms with van der Waals surface area (Å²) in [5.41, 5.74) is 7.97. The molecule has 0 amide bonds. The molecule has 0 bridgehead atoms. The molecule has 8 heteroatoms. The van der Waals surface area contributed by atoms with E-state index in [2.05, 4.69) is 20.7 Å². The Hall–Kier alpha value is -2.87. The molecule has 2 aromatic heterocycles. The Kier molecular flexibility index (Phi) is 5.80. The van der Waals surface area contributed by atoms with Crippen molar-refractivity contribution < 1.29 is 9.13 Å². The molecule has 1 aliphatic rings. The van der Waals surface area contributed by atoms with E-state index < -0.39 is 5.95 Å². The van der Waals surface area contributed by atoms with Gasteiger partial charge in [0, 0.05) is 24.3 Å². The van der Waals surface area contributed by atoms with Crippen LogP contribution in [0.15, 0.2) is 36.5 Å². The van der Waals surface area contributed by atoms with Crippen molar-refractivity contribution in [2.45, 2.75) is 38.6 Å². The lowest BCUT2D eigenvalue weighted by Crippen LogP contribution is -2.29. The van der Waals surface area contributed by atoms with Crippen molar-refractivity contribution in [3.63, 3.8) is 0 Å². The van der Waals surface area contributed by atoms with Crippen LogP contribution in [0.5, 0.6) is 5.75 Å². The second-order valence-electron chi connectivity index (χ2n) is 7.50. The minimum Gasteiger partial charge on any atom is -0.494 e. The summed E-state index contributed by atoms with van der Waals surface area (Å²) < 4.78 is 20.9. The number of nitrogens with one attached hydrogen (secondary N) is 2. The van der Waals surface area contributed by atoms with Crippen LogP contribution in [0.2, 0.25) is 0 Å². The Morgan fingerprint density at radius 1 is 1.21 bits per heavy atom. The van der Waals surface area contributed by atoms with Crippen molar-refractivity contribution in [2.75, 3.05) is 23.8 Å². The number of nitrogens with two attached hydrogens (primary N) is 1. The van der Waals surface area contributed by atoms with E-state index in [1.807, 2.05) is 37.3 Å². The molecule has 29 heavy (non-hydrogen) atoms. The number of imidazole rings is 1. The van der Waals surface area contributed by atoms with Gasteiger partial charge in [-0.05, 0) is 62.8 Å². The normalized spacial score (nSPS) is 19.3. The predicted molar refractivity (Wildman–Crippen MR) is 112 cm³/mol. The average Bonchev–Trinajstić information content (AvgIpc) is 3.10. The van der Waals surface area contributed by atoms with Crippen LogP contribution in [0.4, 0.5) is 21.6 Å². The maximum Gasteiger partial charge on any atom is 0.234 e. The largest absolute Gasteiger partial charge is 0.494 e. The van der Waals surface area contributed by atoms with Crippen molar-refractivity contribution in [3.8, 4) is 5.75 Å². The van der Waals surface area contributed by atoms with E-state index in [-0.39, 0.29) is 0 Å². The Morgan fingerprint density at radius 3 is 2.69 bits per heavy atom. The van der Waals surface area contributed by atoms with E-state index in [0.29, 0.717) is 35.7 Å². The van der Waals surface area contributed by atoms with E-state index in [9.17, 15) is 4.39 Å². The molecule has 0 atom stereocenters. The summed E-state index contributed by atoms with van der Waals surface area (Å²) in [4.78, 5) is 4.16. The van der Waals surface area contributed by atoms with Gasteiger partial charge in [0.15, 0.2) is 5.65 Å². The van der Waals surface area contributed by atoms with E-state index in [1.54, 1.807) is 0 Å². The van der Waals surface area contributed by atoms with Crippen LogP contribution < -0.4 is 21.1 Å². The standard InChI is InChI=1S/C21H27FN6O/c1-2-29-17-9-7-16(8-10-17)26-18-11-20(27-28-19(22)13-25-21(18)28)24-12-14-3-5-15(23)6-4-14/h7-11,13-15,26H,2-6,12,23H2,1H3,(H,24,27). The van der Waals surface area contributed by atoms with E-state index >= 15 is 0 Å². The topological polar surface area (TPSA) is 89.5 Å². The van der Waals surface area contributed by atoms with Crippen LogP contribution in [-0.4, -0.2) is 33.8 Å². The van der Waals surface area contributed by atoms with Crippen molar-refractivity contribution in [1.82, 2.24) is 14.6 Å². The van der Waals surface area contributed by atoms with Gasteiger partial charge in [-0.3, -0.25) is 0 Å².